The maximum absolute atomic E-state index is 13.0. The van der Waals surface area contributed by atoms with Gasteiger partial charge in [0.2, 0.25) is 5.91 Å². The molecular weight excluding hydrogens is 540 g/mol. The summed E-state index contributed by atoms with van der Waals surface area (Å²) in [6, 6.07) is 13.8. The number of hydrogen-bond donors (Lipinski definition) is 4. The predicted molar refractivity (Wildman–Crippen MR) is 150 cm³/mol. The van der Waals surface area contributed by atoms with Gasteiger partial charge in [-0.15, -0.1) is 11.3 Å². The number of para-hydroxylation sites is 1. The normalized spacial score (nSPS) is 16.4. The number of methoxy groups -OCH3 is 1. The van der Waals surface area contributed by atoms with Gasteiger partial charge in [-0.25, -0.2) is 4.79 Å². The number of benzene rings is 1. The minimum Gasteiger partial charge on any atom is -0.481 e. The first-order chi connectivity index (χ1) is 20.1. The van der Waals surface area contributed by atoms with Crippen LogP contribution in [0.25, 0.3) is 0 Å². The summed E-state index contributed by atoms with van der Waals surface area (Å²) < 4.78 is 27.9. The van der Waals surface area contributed by atoms with Gasteiger partial charge in [-0.1, -0.05) is 31.2 Å². The van der Waals surface area contributed by atoms with Crippen molar-refractivity contribution in [3.05, 3.63) is 52.7 Å². The largest absolute Gasteiger partial charge is 0.481 e. The van der Waals surface area contributed by atoms with E-state index in [4.69, 9.17) is 29.3 Å². The van der Waals surface area contributed by atoms with Gasteiger partial charge < -0.3 is 35.0 Å². The molecule has 11 nitrogen and oxygen atoms in total. The van der Waals surface area contributed by atoms with E-state index in [2.05, 4.69) is 22.4 Å². The average molecular weight is 582 g/mol. The standard InChI is InChI=1S/C22H30N2O2S.C6H8O7/c1-3-21(25)24(19-8-5-4-6-9-19)22(18-26-2)12-15-23(16-13-22)14-11-20-10-7-17-27-20;7-3(8)1-6(13,5(11)12)2-4(9)10/h4-10,17H,3,11-16,18H2,1-2H3;13H,1-2H2,(H,7,8)(H,9,10)(H,11,12)/i2D3;. The van der Waals surface area contributed by atoms with Gasteiger partial charge in [-0.3, -0.25) is 14.4 Å². The number of hydrogen-bond acceptors (Lipinski definition) is 8. The molecule has 1 aliphatic heterocycles. The summed E-state index contributed by atoms with van der Waals surface area (Å²) in [5.41, 5.74) is -2.61. The van der Waals surface area contributed by atoms with Crippen LogP contribution in [-0.2, 0) is 30.3 Å². The molecule has 0 atom stereocenters. The van der Waals surface area contributed by atoms with Crippen LogP contribution in [-0.4, -0.2) is 93.6 Å². The van der Waals surface area contributed by atoms with Gasteiger partial charge in [0.25, 0.3) is 0 Å². The van der Waals surface area contributed by atoms with Gasteiger partial charge in [0.15, 0.2) is 5.60 Å². The lowest BCUT2D eigenvalue weighted by Gasteiger charge is -2.48. The number of carboxylic acid groups (broad SMARTS) is 3. The highest BCUT2D eigenvalue weighted by Gasteiger charge is 2.43. The summed E-state index contributed by atoms with van der Waals surface area (Å²) in [4.78, 5) is 49.1. The molecule has 2 heterocycles. The monoisotopic (exact) mass is 581 g/mol. The first-order valence-corrected chi connectivity index (χ1v) is 13.6. The van der Waals surface area contributed by atoms with Crippen LogP contribution in [0.3, 0.4) is 0 Å². The average Bonchev–Trinajstić information content (AvgIpc) is 3.45. The Labute approximate surface area is 241 Å². The van der Waals surface area contributed by atoms with Crippen molar-refractivity contribution in [3.63, 3.8) is 0 Å². The zero-order valence-electron chi connectivity index (χ0n) is 25.3. The number of thiophene rings is 1. The van der Waals surface area contributed by atoms with Crippen LogP contribution >= 0.6 is 11.3 Å². The van der Waals surface area contributed by atoms with Crippen LogP contribution in [0.15, 0.2) is 47.8 Å². The molecule has 1 saturated heterocycles. The van der Waals surface area contributed by atoms with Gasteiger partial charge in [-0.2, -0.15) is 0 Å². The molecule has 0 saturated carbocycles. The molecule has 1 fully saturated rings. The number of nitrogens with zero attached hydrogens (tertiary/aromatic N) is 2. The zero-order chi connectivity index (χ0) is 32.3. The second-order valence-electron chi connectivity index (χ2n) is 9.58. The molecule has 4 N–H and O–H groups in total. The van der Waals surface area contributed by atoms with Crippen molar-refractivity contribution in [1.29, 1.82) is 0 Å². The van der Waals surface area contributed by atoms with Crippen molar-refractivity contribution in [1.82, 2.24) is 4.90 Å². The lowest BCUT2D eigenvalue weighted by Crippen LogP contribution is -2.60. The van der Waals surface area contributed by atoms with E-state index in [1.807, 2.05) is 37.3 Å². The van der Waals surface area contributed by atoms with Gasteiger partial charge >= 0.3 is 17.9 Å². The maximum atomic E-state index is 13.0. The Morgan fingerprint density at radius 1 is 1.05 bits per heavy atom. The van der Waals surface area contributed by atoms with Crippen molar-refractivity contribution in [3.8, 4) is 0 Å². The van der Waals surface area contributed by atoms with Crippen LogP contribution in [0.5, 0.6) is 0 Å². The first kappa shape index (κ1) is 28.2. The molecule has 1 aliphatic rings. The first-order valence-electron chi connectivity index (χ1n) is 14.3. The van der Waals surface area contributed by atoms with Crippen LogP contribution < -0.4 is 4.90 Å². The summed E-state index contributed by atoms with van der Waals surface area (Å²) in [7, 11) is -2.49. The number of piperidine rings is 1. The van der Waals surface area contributed by atoms with E-state index in [0.29, 0.717) is 19.3 Å². The lowest BCUT2D eigenvalue weighted by atomic mass is 9.85. The Bertz CT molecular complexity index is 1190. The third-order valence-electron chi connectivity index (χ3n) is 6.71. The fraction of sp³-hybridized carbons (Fsp3) is 0.500. The number of aliphatic hydroxyl groups is 1. The number of carbonyl (C=O) groups is 4. The fourth-order valence-corrected chi connectivity index (χ4v) is 5.31. The van der Waals surface area contributed by atoms with E-state index in [-0.39, 0.29) is 12.5 Å². The molecule has 0 spiro atoms. The molecule has 12 heteroatoms. The second kappa shape index (κ2) is 15.5. The summed E-state index contributed by atoms with van der Waals surface area (Å²) >= 11 is 1.77. The van der Waals surface area contributed by atoms with E-state index >= 15 is 0 Å². The quantitative estimate of drug-likeness (QED) is 0.276. The molecule has 3 rings (SSSR count). The number of rotatable bonds is 13. The van der Waals surface area contributed by atoms with E-state index in [1.54, 1.807) is 16.2 Å². The van der Waals surface area contributed by atoms with Gasteiger partial charge in [-0.05, 0) is 42.8 Å². The number of amides is 1. The van der Waals surface area contributed by atoms with Crippen molar-refractivity contribution >= 4 is 40.8 Å². The number of aliphatic carboxylic acids is 3. The third-order valence-corrected chi connectivity index (χ3v) is 7.64. The zero-order valence-corrected chi connectivity index (χ0v) is 23.1. The highest BCUT2D eigenvalue weighted by Crippen LogP contribution is 2.34. The summed E-state index contributed by atoms with van der Waals surface area (Å²) in [6.45, 7) is 4.41. The minimum atomic E-state index is -2.74. The van der Waals surface area contributed by atoms with Crippen LogP contribution in [0.1, 0.15) is 48.0 Å². The molecule has 2 aromatic rings. The van der Waals surface area contributed by atoms with Gasteiger partial charge in [0, 0.05) is 43.7 Å². The molecule has 0 radical (unpaired) electrons. The number of anilines is 1. The SMILES string of the molecule is O=C(O)CC(O)(CC(=O)O)C(=O)O.[2H]C([2H])([2H])OCC1(N(C(=O)CC)c2ccccc2)CCN(CCc2cccs2)CC1. The Hall–Kier alpha value is -3.32. The lowest BCUT2D eigenvalue weighted by molar-refractivity contribution is -0.170. The van der Waals surface area contributed by atoms with Gasteiger partial charge in [0.05, 0.1) is 29.1 Å². The molecule has 0 aliphatic carbocycles. The molecule has 1 aromatic heterocycles. The van der Waals surface area contributed by atoms with Crippen LogP contribution in [0, 0.1) is 0 Å². The molecule has 0 unspecified atom stereocenters. The highest BCUT2D eigenvalue weighted by molar-refractivity contribution is 7.09. The second-order valence-corrected chi connectivity index (χ2v) is 10.6. The Kier molecular flexibility index (Phi) is 10.9. The van der Waals surface area contributed by atoms with Gasteiger partial charge in [0.1, 0.15) is 0 Å². The minimum absolute atomic E-state index is 0.00288. The number of ether oxygens (including phenoxy) is 1. The van der Waals surface area contributed by atoms with Crippen LogP contribution in [0.4, 0.5) is 5.69 Å². The van der Waals surface area contributed by atoms with E-state index in [0.717, 1.165) is 31.7 Å². The number of likely N-dealkylation sites (tertiary alicyclic amines) is 1. The molecule has 40 heavy (non-hydrogen) atoms. The maximum Gasteiger partial charge on any atom is 0.336 e. The van der Waals surface area contributed by atoms with Crippen molar-refractivity contribution in [2.45, 2.75) is 56.6 Å². The summed E-state index contributed by atoms with van der Waals surface area (Å²) in [5.74, 6) is -5.03. The van der Waals surface area contributed by atoms with Crippen LogP contribution in [0.2, 0.25) is 0 Å². The van der Waals surface area contributed by atoms with Crippen molar-refractivity contribution in [2.24, 2.45) is 0 Å². The molecule has 1 amide bonds. The summed E-state index contributed by atoms with van der Waals surface area (Å²) in [5, 5.41) is 35.9. The smallest absolute Gasteiger partial charge is 0.336 e. The number of carbonyl (C=O) groups excluding carboxylic acids is 1. The Morgan fingerprint density at radius 3 is 2.15 bits per heavy atom. The number of carboxylic acids is 3. The molecular formula is C28H38N2O9S. The molecule has 0 bridgehead atoms. The van der Waals surface area contributed by atoms with Crippen molar-refractivity contribution < 1.29 is 48.5 Å². The third kappa shape index (κ3) is 9.40. The summed E-state index contributed by atoms with van der Waals surface area (Å²) in [6.07, 6.45) is 0.421. The van der Waals surface area contributed by atoms with E-state index in [9.17, 15) is 19.2 Å². The van der Waals surface area contributed by atoms with Crippen molar-refractivity contribution in [2.75, 3.05) is 38.2 Å². The Balaban J connectivity index is 0.000000420. The van der Waals surface area contributed by atoms with E-state index in [1.165, 1.54) is 4.88 Å². The highest BCUT2D eigenvalue weighted by atomic mass is 32.1. The molecule has 1 aromatic carbocycles. The topological polar surface area (TPSA) is 165 Å². The fourth-order valence-electron chi connectivity index (χ4n) is 4.61. The molecule has 220 valence electrons. The Morgan fingerprint density at radius 2 is 1.68 bits per heavy atom. The predicted octanol–water partition coefficient (Wildman–Crippen LogP) is 2.97. The van der Waals surface area contributed by atoms with E-state index < -0.39 is 48.9 Å².